The number of aliphatic hydroxyl groups is 1. The average Bonchev–Trinajstić information content (AvgIpc) is 2.74. The van der Waals surface area contributed by atoms with Crippen LogP contribution in [0.3, 0.4) is 0 Å². The summed E-state index contributed by atoms with van der Waals surface area (Å²) in [7, 11) is 0. The van der Waals surface area contributed by atoms with Gasteiger partial charge in [-0.1, -0.05) is 13.0 Å². The zero-order chi connectivity index (χ0) is 11.7. The fourth-order valence-electron chi connectivity index (χ4n) is 1.97. The number of rotatable bonds is 3. The Morgan fingerprint density at radius 1 is 1.44 bits per heavy atom. The smallest absolute Gasteiger partial charge is 0.231 e. The van der Waals surface area contributed by atoms with E-state index in [0.717, 1.165) is 29.0 Å². The minimum absolute atomic E-state index is 0.250. The fourth-order valence-corrected chi connectivity index (χ4v) is 1.97. The average molecular weight is 223 g/mol. The summed E-state index contributed by atoms with van der Waals surface area (Å²) in [5.41, 5.74) is 7.54. The topological polar surface area (TPSA) is 64.7 Å². The van der Waals surface area contributed by atoms with Crippen molar-refractivity contribution >= 4 is 0 Å². The number of aliphatic hydroxyl groups excluding tert-OH is 1. The molecule has 0 saturated carbocycles. The van der Waals surface area contributed by atoms with Gasteiger partial charge in [0.2, 0.25) is 6.79 Å². The van der Waals surface area contributed by atoms with Crippen molar-refractivity contribution < 1.29 is 14.6 Å². The molecule has 1 heterocycles. The highest BCUT2D eigenvalue weighted by Crippen LogP contribution is 2.39. The van der Waals surface area contributed by atoms with Gasteiger partial charge in [0.15, 0.2) is 11.5 Å². The first-order valence-electron chi connectivity index (χ1n) is 5.50. The Hall–Kier alpha value is -1.26. The van der Waals surface area contributed by atoms with Crippen LogP contribution < -0.4 is 15.2 Å². The van der Waals surface area contributed by atoms with Crippen LogP contribution in [0.1, 0.15) is 31.1 Å². The minimum atomic E-state index is -0.663. The molecule has 0 saturated heterocycles. The second-order valence-corrected chi connectivity index (χ2v) is 4.02. The van der Waals surface area contributed by atoms with Crippen molar-refractivity contribution in [3.63, 3.8) is 0 Å². The summed E-state index contributed by atoms with van der Waals surface area (Å²) in [6.45, 7) is 4.06. The molecule has 1 aliphatic rings. The maximum atomic E-state index is 10.0. The van der Waals surface area contributed by atoms with Gasteiger partial charge >= 0.3 is 0 Å². The van der Waals surface area contributed by atoms with Gasteiger partial charge in [-0.15, -0.1) is 0 Å². The molecular formula is C12H17NO3. The van der Waals surface area contributed by atoms with Gasteiger partial charge in [0.1, 0.15) is 0 Å². The molecule has 16 heavy (non-hydrogen) atoms. The van der Waals surface area contributed by atoms with Crippen LogP contribution in [0, 0.1) is 0 Å². The van der Waals surface area contributed by atoms with Crippen molar-refractivity contribution in [2.45, 2.75) is 32.4 Å². The van der Waals surface area contributed by atoms with Gasteiger partial charge in [0.25, 0.3) is 0 Å². The Labute approximate surface area is 95.0 Å². The molecule has 0 fully saturated rings. The number of hydrogen-bond donors (Lipinski definition) is 2. The normalized spacial score (nSPS) is 17.2. The van der Waals surface area contributed by atoms with Crippen LogP contribution in [0.15, 0.2) is 12.1 Å². The zero-order valence-electron chi connectivity index (χ0n) is 9.56. The highest BCUT2D eigenvalue weighted by molar-refractivity contribution is 5.53. The van der Waals surface area contributed by atoms with Gasteiger partial charge in [0, 0.05) is 11.6 Å². The zero-order valence-corrected chi connectivity index (χ0v) is 9.56. The Morgan fingerprint density at radius 2 is 2.19 bits per heavy atom. The van der Waals surface area contributed by atoms with Gasteiger partial charge in [-0.25, -0.2) is 0 Å². The Morgan fingerprint density at radius 3 is 2.81 bits per heavy atom. The molecule has 3 N–H and O–H groups in total. The van der Waals surface area contributed by atoms with E-state index in [1.165, 1.54) is 0 Å². The molecule has 2 rings (SSSR count). The summed E-state index contributed by atoms with van der Waals surface area (Å²) >= 11 is 0. The lowest BCUT2D eigenvalue weighted by Crippen LogP contribution is -2.25. The second kappa shape index (κ2) is 4.31. The van der Waals surface area contributed by atoms with Crippen LogP contribution in [-0.4, -0.2) is 17.9 Å². The molecule has 0 spiro atoms. The van der Waals surface area contributed by atoms with Crippen molar-refractivity contribution in [3.8, 4) is 11.5 Å². The number of benzene rings is 1. The minimum Gasteiger partial charge on any atom is -0.454 e. The van der Waals surface area contributed by atoms with Crippen LogP contribution in [0.4, 0.5) is 0 Å². The molecule has 0 aliphatic carbocycles. The molecule has 2 unspecified atom stereocenters. The monoisotopic (exact) mass is 223 g/mol. The van der Waals surface area contributed by atoms with Crippen molar-refractivity contribution in [2.24, 2.45) is 5.73 Å². The van der Waals surface area contributed by atoms with E-state index in [9.17, 15) is 5.11 Å². The third-order valence-corrected chi connectivity index (χ3v) is 2.85. The summed E-state index contributed by atoms with van der Waals surface area (Å²) in [4.78, 5) is 0. The molecule has 4 heteroatoms. The molecule has 0 amide bonds. The third kappa shape index (κ3) is 1.74. The predicted octanol–water partition coefficient (Wildman–Crippen LogP) is 1.36. The van der Waals surface area contributed by atoms with E-state index >= 15 is 0 Å². The van der Waals surface area contributed by atoms with Crippen molar-refractivity contribution in [1.29, 1.82) is 0 Å². The summed E-state index contributed by atoms with van der Waals surface area (Å²) in [5, 5.41) is 10.0. The highest BCUT2D eigenvalue weighted by atomic mass is 16.7. The van der Waals surface area contributed by atoms with E-state index in [1.54, 1.807) is 6.92 Å². The number of fused-ring (bicyclic) bond motifs is 1. The van der Waals surface area contributed by atoms with Gasteiger partial charge in [-0.3, -0.25) is 0 Å². The summed E-state index contributed by atoms with van der Waals surface area (Å²) < 4.78 is 10.7. The predicted molar refractivity (Wildman–Crippen MR) is 60.6 cm³/mol. The number of hydrogen-bond acceptors (Lipinski definition) is 4. The van der Waals surface area contributed by atoms with Crippen LogP contribution in [0.25, 0.3) is 0 Å². The molecule has 0 bridgehead atoms. The van der Waals surface area contributed by atoms with E-state index < -0.39 is 6.10 Å². The van der Waals surface area contributed by atoms with Gasteiger partial charge in [0.05, 0.1) is 6.10 Å². The SMILES string of the molecule is CCc1c(C(O)C(C)N)ccc2c1OCO2. The quantitative estimate of drug-likeness (QED) is 0.812. The molecular weight excluding hydrogens is 206 g/mol. The van der Waals surface area contributed by atoms with Crippen molar-refractivity contribution in [3.05, 3.63) is 23.3 Å². The molecule has 1 aromatic carbocycles. The van der Waals surface area contributed by atoms with Crippen LogP contribution in [0.2, 0.25) is 0 Å². The Kier molecular flexibility index (Phi) is 3.03. The largest absolute Gasteiger partial charge is 0.454 e. The van der Waals surface area contributed by atoms with E-state index in [1.807, 2.05) is 19.1 Å². The van der Waals surface area contributed by atoms with Gasteiger partial charge < -0.3 is 20.3 Å². The first-order valence-corrected chi connectivity index (χ1v) is 5.50. The Balaban J connectivity index is 2.46. The second-order valence-electron chi connectivity index (χ2n) is 4.02. The molecule has 4 nitrogen and oxygen atoms in total. The maximum absolute atomic E-state index is 10.0. The summed E-state index contributed by atoms with van der Waals surface area (Å²) in [5.74, 6) is 1.50. The highest BCUT2D eigenvalue weighted by Gasteiger charge is 2.24. The molecule has 0 aromatic heterocycles. The Bertz CT molecular complexity index is 390. The molecule has 88 valence electrons. The molecule has 1 aromatic rings. The summed E-state index contributed by atoms with van der Waals surface area (Å²) in [6, 6.07) is 3.38. The van der Waals surface area contributed by atoms with E-state index in [-0.39, 0.29) is 12.8 Å². The molecule has 0 radical (unpaired) electrons. The van der Waals surface area contributed by atoms with E-state index in [0.29, 0.717) is 0 Å². The van der Waals surface area contributed by atoms with Crippen molar-refractivity contribution in [1.82, 2.24) is 0 Å². The van der Waals surface area contributed by atoms with E-state index in [2.05, 4.69) is 0 Å². The first-order chi connectivity index (χ1) is 7.65. The molecule has 2 atom stereocenters. The fraction of sp³-hybridized carbons (Fsp3) is 0.500. The standard InChI is InChI=1S/C12H17NO3/c1-3-8-9(11(14)7(2)13)4-5-10-12(8)16-6-15-10/h4-5,7,11,14H,3,6,13H2,1-2H3. The number of nitrogens with two attached hydrogens (primary N) is 1. The lowest BCUT2D eigenvalue weighted by molar-refractivity contribution is 0.151. The van der Waals surface area contributed by atoms with Gasteiger partial charge in [-0.05, 0) is 25.0 Å². The number of ether oxygens (including phenoxy) is 2. The molecule has 1 aliphatic heterocycles. The van der Waals surface area contributed by atoms with Crippen LogP contribution in [0.5, 0.6) is 11.5 Å². The lowest BCUT2D eigenvalue weighted by atomic mass is 9.95. The third-order valence-electron chi connectivity index (χ3n) is 2.85. The maximum Gasteiger partial charge on any atom is 0.231 e. The van der Waals surface area contributed by atoms with Crippen molar-refractivity contribution in [2.75, 3.05) is 6.79 Å². The lowest BCUT2D eigenvalue weighted by Gasteiger charge is -2.19. The van der Waals surface area contributed by atoms with Gasteiger partial charge in [-0.2, -0.15) is 0 Å². The first kappa shape index (κ1) is 11.2. The van der Waals surface area contributed by atoms with E-state index in [4.69, 9.17) is 15.2 Å². The van der Waals surface area contributed by atoms with Crippen LogP contribution >= 0.6 is 0 Å². The van der Waals surface area contributed by atoms with Crippen LogP contribution in [-0.2, 0) is 6.42 Å². The summed E-state index contributed by atoms with van der Waals surface area (Å²) in [6.07, 6.45) is 0.121.